The molecule has 1 aliphatic heterocycles. The Kier molecular flexibility index (Phi) is 2.17. The predicted octanol–water partition coefficient (Wildman–Crippen LogP) is 2.86. The van der Waals surface area contributed by atoms with Gasteiger partial charge in [-0.1, -0.05) is 12.1 Å². The number of benzene rings is 1. The molecule has 3 rings (SSSR count). The van der Waals surface area contributed by atoms with Crippen molar-refractivity contribution in [1.82, 2.24) is 9.97 Å². The molecule has 0 unspecified atom stereocenters. The number of hydrogen-bond donors (Lipinski definition) is 0. The molecule has 0 N–H and O–H groups in total. The molecule has 4 heteroatoms. The van der Waals surface area contributed by atoms with Crippen LogP contribution in [0.25, 0.3) is 11.3 Å². The third kappa shape index (κ3) is 1.33. The zero-order valence-corrected chi connectivity index (χ0v) is 10.4. The van der Waals surface area contributed by atoms with Crippen LogP contribution < -0.4 is 4.90 Å². The number of nitrogens with zero attached hydrogens (tertiary/aromatic N) is 3. The van der Waals surface area contributed by atoms with Gasteiger partial charge in [-0.15, -0.1) is 0 Å². The van der Waals surface area contributed by atoms with Crippen molar-refractivity contribution in [1.29, 1.82) is 0 Å². The van der Waals surface area contributed by atoms with Crippen LogP contribution in [0.2, 0.25) is 0 Å². The van der Waals surface area contributed by atoms with Gasteiger partial charge in [-0.2, -0.15) is 0 Å². The minimum Gasteiger partial charge on any atom is -0.369 e. The molecule has 0 saturated carbocycles. The molecule has 0 bridgehead atoms. The number of halogens is 1. The highest BCUT2D eigenvalue weighted by Gasteiger charge is 2.22. The number of rotatable bonds is 0. The lowest BCUT2D eigenvalue weighted by Crippen LogP contribution is -2.22. The van der Waals surface area contributed by atoms with E-state index in [0.717, 1.165) is 16.7 Å². The van der Waals surface area contributed by atoms with Crippen LogP contribution in [0.4, 0.5) is 5.69 Å². The van der Waals surface area contributed by atoms with Crippen LogP contribution in [-0.4, -0.2) is 17.0 Å². The van der Waals surface area contributed by atoms with Crippen molar-refractivity contribution in [2.45, 2.75) is 6.54 Å². The van der Waals surface area contributed by atoms with Gasteiger partial charge >= 0.3 is 0 Å². The first-order valence-electron chi connectivity index (χ1n) is 5.06. The molecule has 0 aliphatic carbocycles. The zero-order valence-electron chi connectivity index (χ0n) is 8.81. The molecule has 1 aromatic carbocycles. The lowest BCUT2D eigenvalue weighted by Gasteiger charge is -2.29. The van der Waals surface area contributed by atoms with Crippen LogP contribution in [0.15, 0.2) is 35.2 Å². The first-order chi connectivity index (χ1) is 7.77. The molecule has 0 amide bonds. The first kappa shape index (κ1) is 9.78. The SMILES string of the molecule is CN1Cc2cncnc2-c2cccc(Br)c21. The third-order valence-corrected chi connectivity index (χ3v) is 3.46. The van der Waals surface area contributed by atoms with Gasteiger partial charge in [0.2, 0.25) is 0 Å². The van der Waals surface area contributed by atoms with E-state index in [0.29, 0.717) is 0 Å². The summed E-state index contributed by atoms with van der Waals surface area (Å²) in [5.74, 6) is 0. The largest absolute Gasteiger partial charge is 0.369 e. The second-order valence-electron chi connectivity index (χ2n) is 3.89. The van der Waals surface area contributed by atoms with E-state index in [1.54, 1.807) is 6.33 Å². The number of aromatic nitrogens is 2. The maximum atomic E-state index is 4.38. The molecular weight excluding hydrogens is 266 g/mol. The molecule has 80 valence electrons. The molecule has 3 nitrogen and oxygen atoms in total. The summed E-state index contributed by atoms with van der Waals surface area (Å²) in [5.41, 5.74) is 4.59. The Morgan fingerprint density at radius 2 is 2.25 bits per heavy atom. The summed E-state index contributed by atoms with van der Waals surface area (Å²) in [6, 6.07) is 6.19. The standard InChI is InChI=1S/C12H10BrN3/c1-16-6-8-5-14-7-15-11(8)9-3-2-4-10(13)12(9)16/h2-5,7H,6H2,1H3. The molecule has 0 atom stereocenters. The van der Waals surface area contributed by atoms with Crippen molar-refractivity contribution in [2.75, 3.05) is 11.9 Å². The van der Waals surface area contributed by atoms with Crippen molar-refractivity contribution in [3.63, 3.8) is 0 Å². The number of anilines is 1. The highest BCUT2D eigenvalue weighted by atomic mass is 79.9. The Labute approximate surface area is 102 Å². The van der Waals surface area contributed by atoms with E-state index in [-0.39, 0.29) is 0 Å². The molecule has 0 radical (unpaired) electrons. The molecule has 2 aromatic rings. The molecule has 0 fully saturated rings. The minimum absolute atomic E-state index is 0.853. The summed E-state index contributed by atoms with van der Waals surface area (Å²) in [6.45, 7) is 0.853. The third-order valence-electron chi connectivity index (χ3n) is 2.82. The van der Waals surface area contributed by atoms with Gasteiger partial charge in [-0.25, -0.2) is 9.97 Å². The zero-order chi connectivity index (χ0) is 11.1. The second-order valence-corrected chi connectivity index (χ2v) is 4.74. The van der Waals surface area contributed by atoms with E-state index in [2.05, 4.69) is 50.0 Å². The summed E-state index contributed by atoms with van der Waals surface area (Å²) in [7, 11) is 2.08. The number of para-hydroxylation sites is 1. The van der Waals surface area contributed by atoms with Crippen molar-refractivity contribution >= 4 is 21.6 Å². The van der Waals surface area contributed by atoms with Crippen molar-refractivity contribution in [3.8, 4) is 11.3 Å². The summed E-state index contributed by atoms with van der Waals surface area (Å²) in [4.78, 5) is 10.7. The molecular formula is C12H10BrN3. The Morgan fingerprint density at radius 3 is 3.12 bits per heavy atom. The molecule has 1 aromatic heterocycles. The Bertz CT molecular complexity index is 554. The van der Waals surface area contributed by atoms with E-state index in [1.807, 2.05) is 12.3 Å². The van der Waals surface area contributed by atoms with E-state index in [4.69, 9.17) is 0 Å². The van der Waals surface area contributed by atoms with Gasteiger partial charge < -0.3 is 4.90 Å². The highest BCUT2D eigenvalue weighted by Crippen LogP contribution is 2.40. The van der Waals surface area contributed by atoms with Gasteiger partial charge in [0.1, 0.15) is 6.33 Å². The molecule has 1 aliphatic rings. The first-order valence-corrected chi connectivity index (χ1v) is 5.85. The summed E-state index contributed by atoms with van der Waals surface area (Å²) in [6.07, 6.45) is 3.50. The monoisotopic (exact) mass is 275 g/mol. The molecule has 0 spiro atoms. The molecule has 0 saturated heterocycles. The fourth-order valence-electron chi connectivity index (χ4n) is 2.15. The fourth-order valence-corrected chi connectivity index (χ4v) is 2.81. The average molecular weight is 276 g/mol. The summed E-state index contributed by atoms with van der Waals surface area (Å²) in [5, 5.41) is 0. The summed E-state index contributed by atoms with van der Waals surface area (Å²) < 4.78 is 1.11. The van der Waals surface area contributed by atoms with E-state index >= 15 is 0 Å². The maximum absolute atomic E-state index is 4.38. The van der Waals surface area contributed by atoms with Crippen molar-refractivity contribution in [2.24, 2.45) is 0 Å². The topological polar surface area (TPSA) is 29.0 Å². The second kappa shape index (κ2) is 3.56. The van der Waals surface area contributed by atoms with Crippen LogP contribution in [-0.2, 0) is 6.54 Å². The van der Waals surface area contributed by atoms with Crippen LogP contribution in [0.3, 0.4) is 0 Å². The molecule has 16 heavy (non-hydrogen) atoms. The van der Waals surface area contributed by atoms with Crippen LogP contribution >= 0.6 is 15.9 Å². The van der Waals surface area contributed by atoms with Crippen LogP contribution in [0.5, 0.6) is 0 Å². The van der Waals surface area contributed by atoms with Crippen molar-refractivity contribution < 1.29 is 0 Å². The Hall–Kier alpha value is -1.42. The summed E-state index contributed by atoms with van der Waals surface area (Å²) >= 11 is 3.59. The normalized spacial score (nSPS) is 13.2. The Balaban J connectivity index is 2.33. The quantitative estimate of drug-likeness (QED) is 0.741. The van der Waals surface area contributed by atoms with Crippen LogP contribution in [0.1, 0.15) is 5.56 Å². The fraction of sp³-hybridized carbons (Fsp3) is 0.167. The van der Waals surface area contributed by atoms with E-state index < -0.39 is 0 Å². The van der Waals surface area contributed by atoms with Gasteiger partial charge in [0.25, 0.3) is 0 Å². The van der Waals surface area contributed by atoms with Crippen LogP contribution in [0, 0.1) is 0 Å². The smallest absolute Gasteiger partial charge is 0.116 e. The minimum atomic E-state index is 0.853. The average Bonchev–Trinajstić information content (AvgIpc) is 2.29. The van der Waals surface area contributed by atoms with Gasteiger partial charge in [-0.05, 0) is 22.0 Å². The van der Waals surface area contributed by atoms with Gasteiger partial charge in [0.05, 0.1) is 11.4 Å². The lowest BCUT2D eigenvalue weighted by atomic mass is 10.00. The van der Waals surface area contributed by atoms with Gasteiger partial charge in [0.15, 0.2) is 0 Å². The van der Waals surface area contributed by atoms with Gasteiger partial charge in [0, 0.05) is 35.4 Å². The lowest BCUT2D eigenvalue weighted by molar-refractivity contribution is 0.884. The van der Waals surface area contributed by atoms with E-state index in [9.17, 15) is 0 Å². The highest BCUT2D eigenvalue weighted by molar-refractivity contribution is 9.10. The number of hydrogen-bond acceptors (Lipinski definition) is 3. The van der Waals surface area contributed by atoms with Gasteiger partial charge in [-0.3, -0.25) is 0 Å². The van der Waals surface area contributed by atoms with E-state index in [1.165, 1.54) is 16.8 Å². The number of fused-ring (bicyclic) bond motifs is 3. The Morgan fingerprint density at radius 1 is 1.38 bits per heavy atom. The molecule has 2 heterocycles. The predicted molar refractivity (Wildman–Crippen MR) is 67.3 cm³/mol. The van der Waals surface area contributed by atoms with Crippen molar-refractivity contribution in [3.05, 3.63) is 40.8 Å². The maximum Gasteiger partial charge on any atom is 0.116 e.